The molecular weight excluding hydrogens is 473 g/mol. The Morgan fingerprint density at radius 1 is 1.24 bits per heavy atom. The van der Waals surface area contributed by atoms with E-state index in [2.05, 4.69) is 10.3 Å². The van der Waals surface area contributed by atoms with Crippen molar-refractivity contribution in [2.45, 2.75) is 49.0 Å². The van der Waals surface area contributed by atoms with Crippen molar-refractivity contribution in [1.82, 2.24) is 9.88 Å². The number of anilines is 1. The van der Waals surface area contributed by atoms with Crippen LogP contribution in [0.2, 0.25) is 0 Å². The van der Waals surface area contributed by atoms with Crippen LogP contribution in [0.3, 0.4) is 0 Å². The summed E-state index contributed by atoms with van der Waals surface area (Å²) in [5, 5.41) is 11.5. The number of aliphatic carboxylic acids is 1. The van der Waals surface area contributed by atoms with Gasteiger partial charge in [0.15, 0.2) is 20.7 Å². The third kappa shape index (κ3) is 7.21. The second-order valence-corrected chi connectivity index (χ2v) is 10.9. The number of carbonyl (C=O) groups is 2. The minimum Gasteiger partial charge on any atom is -0.480 e. The molecule has 12 heteroatoms. The first-order chi connectivity index (χ1) is 15.8. The number of carboxylic acid groups (broad SMARTS) is 1. The lowest BCUT2D eigenvalue weighted by Gasteiger charge is -2.34. The fraction of sp³-hybridized carbons (Fsp3) is 0.476. The topological polar surface area (TPSA) is 126 Å². The molecule has 0 aliphatic heterocycles. The number of nitrogens with zero attached hydrogens (tertiary/aromatic N) is 2. The summed E-state index contributed by atoms with van der Waals surface area (Å²) >= 11 is 0.707. The van der Waals surface area contributed by atoms with Gasteiger partial charge < -0.3 is 14.7 Å². The Balaban J connectivity index is 1.62. The number of hydrogen-bond acceptors (Lipinski definition) is 7. The van der Waals surface area contributed by atoms with Crippen LogP contribution in [0.15, 0.2) is 34.7 Å². The molecule has 1 fully saturated rings. The molecule has 2 aromatic rings. The number of carbonyl (C=O) groups excluding carboxylic acids is 1. The van der Waals surface area contributed by atoms with Crippen molar-refractivity contribution in [3.05, 3.63) is 41.8 Å². The van der Waals surface area contributed by atoms with Crippen LogP contribution >= 0.6 is 11.3 Å². The Morgan fingerprint density at radius 3 is 2.67 bits per heavy atom. The first kappa shape index (κ1) is 25.1. The number of amides is 2. The molecule has 0 spiro atoms. The largest absolute Gasteiger partial charge is 0.480 e. The highest BCUT2D eigenvalue weighted by atomic mass is 32.2. The molecule has 1 aliphatic rings. The normalized spacial score (nSPS) is 14.7. The van der Waals surface area contributed by atoms with Gasteiger partial charge in [-0.05, 0) is 18.9 Å². The lowest BCUT2D eigenvalue weighted by atomic mass is 9.94. The molecule has 0 atom stereocenters. The fourth-order valence-electron chi connectivity index (χ4n) is 3.66. The standard InChI is InChI=1S/C21H26FN3O6S2/c22-17-9-5-4-6-15(17)13-31-11-10-25(16-7-2-1-3-8-16)21(28)24-20-23-12-19(32-20)33(29,30)14-18(26)27/h4-6,9,12,16H,1-3,7-8,10-11,13-14H2,(H,26,27)(H,23,24,28). The lowest BCUT2D eigenvalue weighted by Crippen LogP contribution is -2.45. The predicted octanol–water partition coefficient (Wildman–Crippen LogP) is 3.52. The van der Waals surface area contributed by atoms with Crippen LogP contribution in [0.1, 0.15) is 37.7 Å². The van der Waals surface area contributed by atoms with Gasteiger partial charge in [0, 0.05) is 18.2 Å². The molecule has 3 rings (SSSR count). The van der Waals surface area contributed by atoms with Gasteiger partial charge in [-0.3, -0.25) is 10.1 Å². The number of hydrogen-bond donors (Lipinski definition) is 2. The van der Waals surface area contributed by atoms with E-state index in [-0.39, 0.29) is 41.0 Å². The summed E-state index contributed by atoms with van der Waals surface area (Å²) in [5.41, 5.74) is 0.434. The zero-order chi connectivity index (χ0) is 23.8. The van der Waals surface area contributed by atoms with Crippen molar-refractivity contribution in [2.24, 2.45) is 0 Å². The Bertz CT molecular complexity index is 1070. The van der Waals surface area contributed by atoms with Crippen LogP contribution in [0.4, 0.5) is 14.3 Å². The molecule has 1 saturated carbocycles. The summed E-state index contributed by atoms with van der Waals surface area (Å²) in [6.07, 6.45) is 5.83. The molecule has 2 N–H and O–H groups in total. The first-order valence-corrected chi connectivity index (χ1v) is 13.0. The zero-order valence-electron chi connectivity index (χ0n) is 17.9. The van der Waals surface area contributed by atoms with Crippen LogP contribution < -0.4 is 5.32 Å². The summed E-state index contributed by atoms with van der Waals surface area (Å²) < 4.78 is 43.3. The Kier molecular flexibility index (Phi) is 8.75. The summed E-state index contributed by atoms with van der Waals surface area (Å²) in [7, 11) is -4.02. The van der Waals surface area contributed by atoms with Crippen LogP contribution in [0, 0.1) is 5.82 Å². The monoisotopic (exact) mass is 499 g/mol. The van der Waals surface area contributed by atoms with Crippen molar-refractivity contribution in [1.29, 1.82) is 0 Å². The number of halogens is 1. The van der Waals surface area contributed by atoms with Gasteiger partial charge in [0.2, 0.25) is 0 Å². The second kappa shape index (κ2) is 11.5. The number of sulfone groups is 1. The minimum absolute atomic E-state index is 0.00554. The highest BCUT2D eigenvalue weighted by Crippen LogP contribution is 2.26. The fourth-order valence-corrected chi connectivity index (χ4v) is 5.80. The van der Waals surface area contributed by atoms with E-state index in [0.717, 1.165) is 38.3 Å². The van der Waals surface area contributed by atoms with E-state index in [4.69, 9.17) is 9.84 Å². The van der Waals surface area contributed by atoms with E-state index in [1.54, 1.807) is 23.1 Å². The molecule has 1 aliphatic carbocycles. The third-order valence-corrected chi connectivity index (χ3v) is 8.35. The van der Waals surface area contributed by atoms with Crippen molar-refractivity contribution in [3.63, 3.8) is 0 Å². The summed E-state index contributed by atoms with van der Waals surface area (Å²) in [6.45, 7) is 0.568. The van der Waals surface area contributed by atoms with Gasteiger partial charge in [-0.1, -0.05) is 48.8 Å². The van der Waals surface area contributed by atoms with Crippen LogP contribution in [-0.4, -0.2) is 60.4 Å². The highest BCUT2D eigenvalue weighted by Gasteiger charge is 2.27. The van der Waals surface area contributed by atoms with E-state index < -0.39 is 27.6 Å². The maximum absolute atomic E-state index is 13.8. The first-order valence-electron chi connectivity index (χ1n) is 10.6. The molecule has 0 unspecified atom stereocenters. The van der Waals surface area contributed by atoms with E-state index in [1.807, 2.05) is 0 Å². The van der Waals surface area contributed by atoms with Crippen LogP contribution in [0.5, 0.6) is 0 Å². The van der Waals surface area contributed by atoms with Gasteiger partial charge >= 0.3 is 12.0 Å². The molecule has 33 heavy (non-hydrogen) atoms. The predicted molar refractivity (Wildman–Crippen MR) is 120 cm³/mol. The summed E-state index contributed by atoms with van der Waals surface area (Å²) in [6, 6.07) is 5.89. The smallest absolute Gasteiger partial charge is 0.323 e. The molecule has 2 amide bonds. The highest BCUT2D eigenvalue weighted by molar-refractivity contribution is 7.94. The molecule has 0 bridgehead atoms. The molecule has 1 aromatic carbocycles. The molecule has 180 valence electrons. The van der Waals surface area contributed by atoms with E-state index in [0.29, 0.717) is 16.9 Å². The SMILES string of the molecule is O=C(O)CS(=O)(=O)c1cnc(NC(=O)N(CCOCc2ccccc2F)C2CCCCC2)s1. The number of nitrogens with one attached hydrogen (secondary N) is 1. The van der Waals surface area contributed by atoms with Crippen molar-refractivity contribution >= 4 is 38.3 Å². The Morgan fingerprint density at radius 2 is 1.97 bits per heavy atom. The molecule has 0 saturated heterocycles. The van der Waals surface area contributed by atoms with E-state index in [9.17, 15) is 22.4 Å². The second-order valence-electron chi connectivity index (χ2n) is 7.70. The third-order valence-electron chi connectivity index (χ3n) is 5.29. The van der Waals surface area contributed by atoms with Gasteiger partial charge in [-0.25, -0.2) is 22.6 Å². The lowest BCUT2D eigenvalue weighted by molar-refractivity contribution is -0.134. The van der Waals surface area contributed by atoms with Gasteiger partial charge in [0.1, 0.15) is 10.0 Å². The number of ether oxygens (including phenoxy) is 1. The number of aromatic nitrogens is 1. The average Bonchev–Trinajstić information content (AvgIpc) is 3.24. The number of benzene rings is 1. The molecule has 1 aromatic heterocycles. The maximum Gasteiger partial charge on any atom is 0.323 e. The average molecular weight is 500 g/mol. The van der Waals surface area contributed by atoms with E-state index in [1.165, 1.54) is 6.07 Å². The van der Waals surface area contributed by atoms with Crippen LogP contribution in [0.25, 0.3) is 0 Å². The molecule has 1 heterocycles. The van der Waals surface area contributed by atoms with Gasteiger partial charge in [-0.2, -0.15) is 0 Å². The molecular formula is C21H26FN3O6S2. The van der Waals surface area contributed by atoms with Crippen LogP contribution in [-0.2, 0) is 26.0 Å². The minimum atomic E-state index is -4.02. The summed E-state index contributed by atoms with van der Waals surface area (Å²) in [4.78, 5) is 29.3. The number of rotatable bonds is 10. The molecule has 9 nitrogen and oxygen atoms in total. The maximum atomic E-state index is 13.8. The number of thiazole rings is 1. The Labute approximate surface area is 195 Å². The van der Waals surface area contributed by atoms with Gasteiger partial charge in [-0.15, -0.1) is 0 Å². The summed E-state index contributed by atoms with van der Waals surface area (Å²) in [5.74, 6) is -2.86. The van der Waals surface area contributed by atoms with Gasteiger partial charge in [0.05, 0.1) is 19.4 Å². The quantitative estimate of drug-likeness (QED) is 0.479. The number of urea groups is 1. The molecule has 0 radical (unpaired) electrons. The van der Waals surface area contributed by atoms with E-state index >= 15 is 0 Å². The number of carboxylic acids is 1. The zero-order valence-corrected chi connectivity index (χ0v) is 19.5. The van der Waals surface area contributed by atoms with Crippen molar-refractivity contribution in [3.8, 4) is 0 Å². The van der Waals surface area contributed by atoms with Gasteiger partial charge in [0.25, 0.3) is 0 Å². The van der Waals surface area contributed by atoms with Crippen molar-refractivity contribution < 1.29 is 32.2 Å². The Hall–Kier alpha value is -2.57. The van der Waals surface area contributed by atoms with Crippen molar-refractivity contribution in [2.75, 3.05) is 24.2 Å².